The average molecular weight is 289 g/mol. The smallest absolute Gasteiger partial charge is 0.236 e. The van der Waals surface area contributed by atoms with Gasteiger partial charge in [0.2, 0.25) is 5.91 Å². The molecular formula is C17H27N3O. The molecule has 4 nitrogen and oxygen atoms in total. The molecule has 4 heteroatoms. The molecule has 1 aromatic carbocycles. The third-order valence-electron chi connectivity index (χ3n) is 4.23. The van der Waals surface area contributed by atoms with Gasteiger partial charge in [-0.05, 0) is 44.4 Å². The molecule has 0 radical (unpaired) electrons. The molecule has 0 saturated carbocycles. The molecule has 1 heterocycles. The largest absolute Gasteiger partial charge is 0.351 e. The van der Waals surface area contributed by atoms with E-state index in [2.05, 4.69) is 41.4 Å². The number of benzene rings is 1. The fourth-order valence-corrected chi connectivity index (χ4v) is 2.74. The molecule has 1 aromatic rings. The van der Waals surface area contributed by atoms with Crippen LogP contribution >= 0.6 is 0 Å². The highest BCUT2D eigenvalue weighted by atomic mass is 16.2. The van der Waals surface area contributed by atoms with Crippen molar-refractivity contribution in [2.24, 2.45) is 5.73 Å². The van der Waals surface area contributed by atoms with Crippen LogP contribution in [0.15, 0.2) is 24.3 Å². The van der Waals surface area contributed by atoms with Crippen LogP contribution in [-0.4, -0.2) is 29.4 Å². The van der Waals surface area contributed by atoms with E-state index in [0.717, 1.165) is 12.1 Å². The van der Waals surface area contributed by atoms with Crippen molar-refractivity contribution in [2.75, 3.05) is 6.54 Å². The minimum absolute atomic E-state index is 0.110. The zero-order valence-electron chi connectivity index (χ0n) is 13.1. The maximum absolute atomic E-state index is 11.4. The third kappa shape index (κ3) is 4.83. The molecule has 1 fully saturated rings. The van der Waals surface area contributed by atoms with Gasteiger partial charge in [-0.3, -0.25) is 9.69 Å². The second kappa shape index (κ2) is 7.57. The van der Waals surface area contributed by atoms with E-state index in [1.807, 2.05) is 0 Å². The molecule has 0 aliphatic carbocycles. The summed E-state index contributed by atoms with van der Waals surface area (Å²) >= 11 is 0. The summed E-state index contributed by atoms with van der Waals surface area (Å²) in [6.07, 6.45) is 3.98. The van der Waals surface area contributed by atoms with Crippen LogP contribution in [0, 0.1) is 0 Å². The normalized spacial score (nSPS) is 21.0. The van der Waals surface area contributed by atoms with Crippen LogP contribution in [0.3, 0.4) is 0 Å². The Hall–Kier alpha value is -1.39. The van der Waals surface area contributed by atoms with Gasteiger partial charge in [0, 0.05) is 19.1 Å². The molecule has 2 unspecified atom stereocenters. The van der Waals surface area contributed by atoms with Gasteiger partial charge in [-0.25, -0.2) is 0 Å². The van der Waals surface area contributed by atoms with Crippen molar-refractivity contribution < 1.29 is 4.79 Å². The fraction of sp³-hybridized carbons (Fsp3) is 0.588. The first kappa shape index (κ1) is 16.0. The van der Waals surface area contributed by atoms with Crippen molar-refractivity contribution in [1.29, 1.82) is 0 Å². The number of amides is 1. The van der Waals surface area contributed by atoms with Crippen LogP contribution in [-0.2, 0) is 17.9 Å². The van der Waals surface area contributed by atoms with Gasteiger partial charge in [-0.1, -0.05) is 30.7 Å². The number of nitrogens with zero attached hydrogens (tertiary/aromatic N) is 1. The maximum Gasteiger partial charge on any atom is 0.236 e. The Balaban J connectivity index is 1.85. The van der Waals surface area contributed by atoms with E-state index in [1.165, 1.54) is 31.4 Å². The zero-order chi connectivity index (χ0) is 15.2. The van der Waals surface area contributed by atoms with Crippen LogP contribution in [0.4, 0.5) is 0 Å². The molecule has 0 spiro atoms. The number of likely N-dealkylation sites (tertiary alicyclic amines) is 1. The molecule has 0 aromatic heterocycles. The van der Waals surface area contributed by atoms with Crippen LogP contribution in [0.2, 0.25) is 0 Å². The quantitative estimate of drug-likeness (QED) is 0.872. The van der Waals surface area contributed by atoms with Crippen molar-refractivity contribution in [3.8, 4) is 0 Å². The lowest BCUT2D eigenvalue weighted by Gasteiger charge is -2.33. The molecule has 3 N–H and O–H groups in total. The lowest BCUT2D eigenvalue weighted by Crippen LogP contribution is -2.37. The maximum atomic E-state index is 11.4. The fourth-order valence-electron chi connectivity index (χ4n) is 2.74. The number of carbonyl (C=O) groups is 1. The summed E-state index contributed by atoms with van der Waals surface area (Å²) in [6.45, 7) is 6.77. The highest BCUT2D eigenvalue weighted by Crippen LogP contribution is 2.19. The number of rotatable bonds is 5. The predicted molar refractivity (Wildman–Crippen MR) is 85.7 cm³/mol. The monoisotopic (exact) mass is 289 g/mol. The third-order valence-corrected chi connectivity index (χ3v) is 4.23. The molecule has 0 bridgehead atoms. The Labute approximate surface area is 127 Å². The Kier molecular flexibility index (Phi) is 5.76. The van der Waals surface area contributed by atoms with Gasteiger partial charge in [0.1, 0.15) is 0 Å². The SMILES string of the molecule is CC(N)C(=O)NCc1ccc(CN2CCCCC2C)cc1. The van der Waals surface area contributed by atoms with E-state index in [-0.39, 0.29) is 5.91 Å². The Morgan fingerprint density at radius 1 is 1.33 bits per heavy atom. The Morgan fingerprint density at radius 2 is 2.00 bits per heavy atom. The number of hydrogen-bond acceptors (Lipinski definition) is 3. The summed E-state index contributed by atoms with van der Waals surface area (Å²) in [7, 11) is 0. The number of carbonyl (C=O) groups excluding carboxylic acids is 1. The van der Waals surface area contributed by atoms with Crippen LogP contribution in [0.25, 0.3) is 0 Å². The number of hydrogen-bond donors (Lipinski definition) is 2. The summed E-state index contributed by atoms with van der Waals surface area (Å²) in [4.78, 5) is 14.0. The van der Waals surface area contributed by atoms with E-state index in [1.54, 1.807) is 6.92 Å². The van der Waals surface area contributed by atoms with Gasteiger partial charge in [0.15, 0.2) is 0 Å². The van der Waals surface area contributed by atoms with E-state index < -0.39 is 6.04 Å². The summed E-state index contributed by atoms with van der Waals surface area (Å²) in [5.41, 5.74) is 7.97. The minimum atomic E-state index is -0.454. The van der Waals surface area contributed by atoms with E-state index >= 15 is 0 Å². The second-order valence-corrected chi connectivity index (χ2v) is 6.14. The summed E-state index contributed by atoms with van der Waals surface area (Å²) in [5, 5.41) is 2.83. The van der Waals surface area contributed by atoms with Crippen molar-refractivity contribution in [3.05, 3.63) is 35.4 Å². The predicted octanol–water partition coefficient (Wildman–Crippen LogP) is 2.02. The summed E-state index contributed by atoms with van der Waals surface area (Å²) < 4.78 is 0. The molecule has 1 amide bonds. The van der Waals surface area contributed by atoms with Gasteiger partial charge < -0.3 is 11.1 Å². The second-order valence-electron chi connectivity index (χ2n) is 6.14. The topological polar surface area (TPSA) is 58.4 Å². The number of nitrogens with two attached hydrogens (primary N) is 1. The van der Waals surface area contributed by atoms with Crippen LogP contribution in [0.1, 0.15) is 44.2 Å². The Morgan fingerprint density at radius 3 is 2.62 bits per heavy atom. The first-order chi connectivity index (χ1) is 10.1. The molecule has 1 aliphatic rings. The molecule has 2 atom stereocenters. The van der Waals surface area contributed by atoms with Gasteiger partial charge in [0.05, 0.1) is 6.04 Å². The molecule has 21 heavy (non-hydrogen) atoms. The van der Waals surface area contributed by atoms with Crippen LogP contribution in [0.5, 0.6) is 0 Å². The molecule has 116 valence electrons. The van der Waals surface area contributed by atoms with Crippen molar-refractivity contribution in [2.45, 2.75) is 58.3 Å². The van der Waals surface area contributed by atoms with Crippen LogP contribution < -0.4 is 11.1 Å². The highest BCUT2D eigenvalue weighted by Gasteiger charge is 2.17. The summed E-state index contributed by atoms with van der Waals surface area (Å²) in [6, 6.07) is 8.73. The summed E-state index contributed by atoms with van der Waals surface area (Å²) in [5.74, 6) is -0.110. The first-order valence-electron chi connectivity index (χ1n) is 7.91. The van der Waals surface area contributed by atoms with Gasteiger partial charge in [-0.2, -0.15) is 0 Å². The van der Waals surface area contributed by atoms with E-state index in [4.69, 9.17) is 5.73 Å². The highest BCUT2D eigenvalue weighted by molar-refractivity contribution is 5.80. The molecule has 1 aliphatic heterocycles. The van der Waals surface area contributed by atoms with Crippen molar-refractivity contribution in [1.82, 2.24) is 10.2 Å². The van der Waals surface area contributed by atoms with Gasteiger partial charge in [0.25, 0.3) is 0 Å². The Bertz CT molecular complexity index is 456. The number of nitrogens with one attached hydrogen (secondary N) is 1. The van der Waals surface area contributed by atoms with E-state index in [0.29, 0.717) is 12.6 Å². The molecular weight excluding hydrogens is 262 g/mol. The van der Waals surface area contributed by atoms with Gasteiger partial charge >= 0.3 is 0 Å². The molecule has 2 rings (SSSR count). The van der Waals surface area contributed by atoms with Crippen molar-refractivity contribution in [3.63, 3.8) is 0 Å². The van der Waals surface area contributed by atoms with Crippen molar-refractivity contribution >= 4 is 5.91 Å². The average Bonchev–Trinajstić information content (AvgIpc) is 2.48. The first-order valence-corrected chi connectivity index (χ1v) is 7.91. The van der Waals surface area contributed by atoms with Gasteiger partial charge in [-0.15, -0.1) is 0 Å². The lowest BCUT2D eigenvalue weighted by atomic mass is 10.0. The van der Waals surface area contributed by atoms with E-state index in [9.17, 15) is 4.79 Å². The standard InChI is InChI=1S/C17H27N3O/c1-13-5-3-4-10-20(13)12-16-8-6-15(7-9-16)11-19-17(21)14(2)18/h6-9,13-14H,3-5,10-12,18H2,1-2H3,(H,19,21). The minimum Gasteiger partial charge on any atom is -0.351 e. The number of piperidine rings is 1. The zero-order valence-corrected chi connectivity index (χ0v) is 13.1. The molecule has 1 saturated heterocycles. The lowest BCUT2D eigenvalue weighted by molar-refractivity contribution is -0.122.